The molecule has 1 atom stereocenters. The Morgan fingerprint density at radius 2 is 1.93 bits per heavy atom. The van der Waals surface area contributed by atoms with E-state index >= 15 is 0 Å². The van der Waals surface area contributed by atoms with Gasteiger partial charge in [0.25, 0.3) is 0 Å². The predicted octanol–water partition coefficient (Wildman–Crippen LogP) is 3.00. The molecule has 1 fully saturated rings. The Kier molecular flexibility index (Phi) is 5.87. The van der Waals surface area contributed by atoms with E-state index in [1.807, 2.05) is 6.07 Å². The van der Waals surface area contributed by atoms with E-state index in [0.29, 0.717) is 6.04 Å². The third kappa shape index (κ3) is 3.76. The Labute approximate surface area is 166 Å². The highest BCUT2D eigenvalue weighted by molar-refractivity contribution is 5.96. The summed E-state index contributed by atoms with van der Waals surface area (Å²) in [5.41, 5.74) is 4.77. The number of piperidine rings is 1. The fraction of sp³-hybridized carbons (Fsp3) is 0.591. The van der Waals surface area contributed by atoms with Crippen molar-refractivity contribution in [3.05, 3.63) is 23.4 Å². The summed E-state index contributed by atoms with van der Waals surface area (Å²) >= 11 is 0. The van der Waals surface area contributed by atoms with Gasteiger partial charge < -0.3 is 19.9 Å². The van der Waals surface area contributed by atoms with Crippen LogP contribution < -0.4 is 14.8 Å². The molecule has 0 unspecified atom stereocenters. The number of pyridine rings is 1. The predicted molar refractivity (Wildman–Crippen MR) is 112 cm³/mol. The largest absolute Gasteiger partial charge is 0.493 e. The smallest absolute Gasteiger partial charge is 0.162 e. The van der Waals surface area contributed by atoms with E-state index in [9.17, 15) is 5.11 Å². The number of aliphatic hydroxyl groups excluding tert-OH is 1. The minimum Gasteiger partial charge on any atom is -0.493 e. The van der Waals surface area contributed by atoms with Crippen LogP contribution in [-0.4, -0.2) is 61.5 Å². The molecular weight excluding hydrogens is 354 g/mol. The Hall–Kier alpha value is -2.05. The molecule has 2 aliphatic rings. The highest BCUT2D eigenvalue weighted by Gasteiger charge is 2.24. The summed E-state index contributed by atoms with van der Waals surface area (Å²) < 4.78 is 11.1. The summed E-state index contributed by atoms with van der Waals surface area (Å²) in [6.45, 7) is 3.00. The maximum absolute atomic E-state index is 9.30. The quantitative estimate of drug-likeness (QED) is 0.797. The zero-order valence-corrected chi connectivity index (χ0v) is 17.0. The van der Waals surface area contributed by atoms with E-state index in [-0.39, 0.29) is 6.61 Å². The number of methoxy groups -OCH3 is 2. The molecule has 1 saturated heterocycles. The monoisotopic (exact) mass is 385 g/mol. The highest BCUT2D eigenvalue weighted by atomic mass is 16.5. The Balaban J connectivity index is 1.76. The van der Waals surface area contributed by atoms with Gasteiger partial charge in [0.2, 0.25) is 0 Å². The number of anilines is 1. The van der Waals surface area contributed by atoms with Crippen LogP contribution in [0.1, 0.15) is 36.9 Å². The van der Waals surface area contributed by atoms with Gasteiger partial charge in [-0.3, -0.25) is 9.88 Å². The molecule has 6 nitrogen and oxygen atoms in total. The number of rotatable bonds is 6. The lowest BCUT2D eigenvalue weighted by atomic mass is 9.92. The van der Waals surface area contributed by atoms with Crippen LogP contribution in [0.25, 0.3) is 10.9 Å². The molecule has 2 N–H and O–H groups in total. The van der Waals surface area contributed by atoms with E-state index in [2.05, 4.69) is 16.3 Å². The molecule has 4 rings (SSSR count). The molecule has 0 spiro atoms. The second kappa shape index (κ2) is 8.53. The standard InChI is InChI=1S/C22H31N3O3/c1-27-20-12-17-19(13-21(20)28-2)24-18-8-4-3-7-16(18)22(17)23-15-6-5-9-25(14-15)10-11-26/h12-13,15,26H,3-11,14H2,1-2H3,(H,23,24)/t15-/m1/s1. The fourth-order valence-electron chi connectivity index (χ4n) is 4.64. The minimum absolute atomic E-state index is 0.220. The molecule has 0 radical (unpaired) electrons. The van der Waals surface area contributed by atoms with Gasteiger partial charge in [0.1, 0.15) is 0 Å². The number of nitrogens with one attached hydrogen (secondary N) is 1. The summed E-state index contributed by atoms with van der Waals surface area (Å²) in [6, 6.07) is 4.44. The van der Waals surface area contributed by atoms with Crippen LogP contribution in [0.15, 0.2) is 12.1 Å². The van der Waals surface area contributed by atoms with E-state index in [4.69, 9.17) is 14.5 Å². The number of hydrogen-bond donors (Lipinski definition) is 2. The zero-order valence-electron chi connectivity index (χ0n) is 17.0. The Morgan fingerprint density at radius 1 is 1.14 bits per heavy atom. The van der Waals surface area contributed by atoms with E-state index in [1.165, 1.54) is 29.8 Å². The number of nitrogens with zero attached hydrogens (tertiary/aromatic N) is 2. The average Bonchev–Trinajstić information content (AvgIpc) is 2.73. The van der Waals surface area contributed by atoms with Gasteiger partial charge >= 0.3 is 0 Å². The summed E-state index contributed by atoms with van der Waals surface area (Å²) in [4.78, 5) is 7.33. The lowest BCUT2D eigenvalue weighted by molar-refractivity contribution is 0.166. The summed E-state index contributed by atoms with van der Waals surface area (Å²) in [5, 5.41) is 14.3. The highest BCUT2D eigenvalue weighted by Crippen LogP contribution is 2.39. The van der Waals surface area contributed by atoms with Gasteiger partial charge in [-0.05, 0) is 56.7 Å². The number of hydrogen-bond acceptors (Lipinski definition) is 6. The number of β-amino-alcohol motifs (C(OH)–C–C–N with tert-alkyl or cyclic N) is 1. The molecule has 28 heavy (non-hydrogen) atoms. The van der Waals surface area contributed by atoms with Gasteiger partial charge in [-0.25, -0.2) is 0 Å². The maximum Gasteiger partial charge on any atom is 0.162 e. The third-order valence-corrected chi connectivity index (χ3v) is 6.04. The van der Waals surface area contributed by atoms with Crippen molar-refractivity contribution in [1.29, 1.82) is 0 Å². The summed E-state index contributed by atoms with van der Waals surface area (Å²) in [6.07, 6.45) is 6.82. The molecule has 1 aromatic carbocycles. The second-order valence-corrected chi connectivity index (χ2v) is 7.85. The number of ether oxygens (including phenoxy) is 2. The normalized spacial score (nSPS) is 20.0. The zero-order chi connectivity index (χ0) is 19.5. The molecule has 1 aliphatic heterocycles. The van der Waals surface area contributed by atoms with Gasteiger partial charge in [0.05, 0.1) is 26.3 Å². The number of aliphatic hydroxyl groups is 1. The van der Waals surface area contributed by atoms with Gasteiger partial charge in [-0.15, -0.1) is 0 Å². The van der Waals surface area contributed by atoms with Crippen molar-refractivity contribution in [2.24, 2.45) is 0 Å². The molecule has 1 aromatic heterocycles. The molecule has 0 saturated carbocycles. The molecule has 0 bridgehead atoms. The summed E-state index contributed by atoms with van der Waals surface area (Å²) in [5.74, 6) is 1.46. The second-order valence-electron chi connectivity index (χ2n) is 7.85. The van der Waals surface area contributed by atoms with Gasteiger partial charge in [-0.2, -0.15) is 0 Å². The maximum atomic E-state index is 9.30. The topological polar surface area (TPSA) is 66.9 Å². The molecule has 1 aliphatic carbocycles. The van der Waals surface area contributed by atoms with E-state index in [1.54, 1.807) is 14.2 Å². The van der Waals surface area contributed by atoms with Crippen molar-refractivity contribution in [1.82, 2.24) is 9.88 Å². The number of likely N-dealkylation sites (tertiary alicyclic amines) is 1. The van der Waals surface area contributed by atoms with Crippen molar-refractivity contribution < 1.29 is 14.6 Å². The van der Waals surface area contributed by atoms with Gasteiger partial charge in [0.15, 0.2) is 11.5 Å². The van der Waals surface area contributed by atoms with Crippen molar-refractivity contribution >= 4 is 16.6 Å². The van der Waals surface area contributed by atoms with Crippen LogP contribution in [0.2, 0.25) is 0 Å². The fourth-order valence-corrected chi connectivity index (χ4v) is 4.64. The van der Waals surface area contributed by atoms with Crippen LogP contribution in [0.4, 0.5) is 5.69 Å². The van der Waals surface area contributed by atoms with Crippen molar-refractivity contribution in [3.63, 3.8) is 0 Å². The molecule has 152 valence electrons. The van der Waals surface area contributed by atoms with E-state index < -0.39 is 0 Å². The lowest BCUT2D eigenvalue weighted by Gasteiger charge is -2.34. The Morgan fingerprint density at radius 3 is 2.71 bits per heavy atom. The average molecular weight is 386 g/mol. The molecule has 6 heteroatoms. The third-order valence-electron chi connectivity index (χ3n) is 6.04. The first-order valence-electron chi connectivity index (χ1n) is 10.4. The minimum atomic E-state index is 0.220. The van der Waals surface area contributed by atoms with Crippen LogP contribution in [0, 0.1) is 0 Å². The number of aryl methyl sites for hydroxylation is 1. The number of aromatic nitrogens is 1. The van der Waals surface area contributed by atoms with Gasteiger partial charge in [0, 0.05) is 42.0 Å². The van der Waals surface area contributed by atoms with Crippen molar-refractivity contribution in [2.75, 3.05) is 45.8 Å². The van der Waals surface area contributed by atoms with Crippen LogP contribution in [0.5, 0.6) is 11.5 Å². The van der Waals surface area contributed by atoms with Crippen LogP contribution in [0.3, 0.4) is 0 Å². The first kappa shape index (κ1) is 19.3. The first-order valence-corrected chi connectivity index (χ1v) is 10.4. The van der Waals surface area contributed by atoms with Crippen LogP contribution in [-0.2, 0) is 12.8 Å². The molecule has 2 heterocycles. The SMILES string of the molecule is COc1cc2nc3c(c(N[C@@H]4CCCN(CCO)C4)c2cc1OC)CCCC3. The molecule has 0 amide bonds. The van der Waals surface area contributed by atoms with E-state index in [0.717, 1.165) is 67.7 Å². The van der Waals surface area contributed by atoms with Crippen molar-refractivity contribution in [3.8, 4) is 11.5 Å². The van der Waals surface area contributed by atoms with Crippen LogP contribution >= 0.6 is 0 Å². The molecular formula is C22H31N3O3. The molecule has 2 aromatic rings. The number of fused-ring (bicyclic) bond motifs is 2. The summed E-state index contributed by atoms with van der Waals surface area (Å²) in [7, 11) is 3.34. The lowest BCUT2D eigenvalue weighted by Crippen LogP contribution is -2.43. The number of benzene rings is 1. The van der Waals surface area contributed by atoms with Gasteiger partial charge in [-0.1, -0.05) is 0 Å². The Bertz CT molecular complexity index is 832. The first-order chi connectivity index (χ1) is 13.7. The van der Waals surface area contributed by atoms with Crippen molar-refractivity contribution in [2.45, 2.75) is 44.6 Å².